The Kier molecular flexibility index (Phi) is 32.6. The fraction of sp³-hybridized carbons (Fsp3) is 0.727. The summed E-state index contributed by atoms with van der Waals surface area (Å²) in [5.74, 6) is 0. The molecule has 0 heterocycles. The first-order valence-electron chi connectivity index (χ1n) is 4.42. The first kappa shape index (κ1) is 23.9. The van der Waals surface area contributed by atoms with E-state index in [4.69, 9.17) is 0 Å². The Hall–Kier alpha value is 0.452. The van der Waals surface area contributed by atoms with Gasteiger partial charge < -0.3 is 31.1 Å². The standard InChI is InChI=1S/2C5H12N.CH3.Al/c2*1-4-5-6(2)3;;/h2*1,4-5H2,2-3H3;1H3;/q3*-1;+3. The Morgan fingerprint density at radius 1 is 0.786 bits per heavy atom. The van der Waals surface area contributed by atoms with Crippen molar-refractivity contribution >= 4 is 17.4 Å². The molecular formula is C11H27AlN2. The molecule has 0 saturated heterocycles. The van der Waals surface area contributed by atoms with Crippen molar-refractivity contribution in [3.8, 4) is 0 Å². The van der Waals surface area contributed by atoms with Crippen molar-refractivity contribution in [2.24, 2.45) is 0 Å². The maximum absolute atomic E-state index is 3.68. The van der Waals surface area contributed by atoms with Gasteiger partial charge in [-0.15, -0.1) is 0 Å². The van der Waals surface area contributed by atoms with Crippen molar-refractivity contribution in [1.82, 2.24) is 9.80 Å². The predicted molar refractivity (Wildman–Crippen MR) is 69.2 cm³/mol. The van der Waals surface area contributed by atoms with Crippen LogP contribution < -0.4 is 0 Å². The molecule has 0 aliphatic heterocycles. The predicted octanol–water partition coefficient (Wildman–Crippen LogP) is 1.61. The second-order valence-electron chi connectivity index (χ2n) is 3.31. The minimum atomic E-state index is 0. The fourth-order valence-electron chi connectivity index (χ4n) is 0.632. The third kappa shape index (κ3) is 39.2. The van der Waals surface area contributed by atoms with E-state index in [1.165, 1.54) is 0 Å². The summed E-state index contributed by atoms with van der Waals surface area (Å²) in [6, 6.07) is 0. The van der Waals surface area contributed by atoms with E-state index >= 15 is 0 Å². The van der Waals surface area contributed by atoms with Gasteiger partial charge in [-0.1, -0.05) is 0 Å². The van der Waals surface area contributed by atoms with Crippen LogP contribution in [0.1, 0.15) is 12.8 Å². The van der Waals surface area contributed by atoms with Gasteiger partial charge in [-0.05, 0) is 41.3 Å². The summed E-state index contributed by atoms with van der Waals surface area (Å²) in [5.41, 5.74) is 0. The minimum Gasteiger partial charge on any atom is -0.358 e. The van der Waals surface area contributed by atoms with Gasteiger partial charge >= 0.3 is 17.4 Å². The zero-order valence-corrected chi connectivity index (χ0v) is 11.9. The number of nitrogens with zero attached hydrogens (tertiary/aromatic N) is 2. The summed E-state index contributed by atoms with van der Waals surface area (Å²) >= 11 is 0. The number of hydrogen-bond acceptors (Lipinski definition) is 2. The average molecular weight is 214 g/mol. The van der Waals surface area contributed by atoms with Crippen LogP contribution in [-0.4, -0.2) is 68.4 Å². The molecule has 0 aromatic heterocycles. The van der Waals surface area contributed by atoms with Gasteiger partial charge in [0.2, 0.25) is 0 Å². The third-order valence-electron chi connectivity index (χ3n) is 1.21. The van der Waals surface area contributed by atoms with E-state index in [1.807, 2.05) is 28.2 Å². The van der Waals surface area contributed by atoms with Crippen LogP contribution in [0.3, 0.4) is 0 Å². The van der Waals surface area contributed by atoms with Crippen LogP contribution in [-0.2, 0) is 0 Å². The molecule has 0 saturated carbocycles. The molecule has 0 aromatic carbocycles. The Bertz CT molecular complexity index is 65.7. The molecule has 0 amide bonds. The fourth-order valence-corrected chi connectivity index (χ4v) is 0.632. The van der Waals surface area contributed by atoms with Gasteiger partial charge in [-0.25, -0.2) is 0 Å². The van der Waals surface area contributed by atoms with E-state index in [-0.39, 0.29) is 24.8 Å². The molecule has 3 heteroatoms. The third-order valence-corrected chi connectivity index (χ3v) is 1.21. The van der Waals surface area contributed by atoms with E-state index in [0.717, 1.165) is 25.9 Å². The summed E-state index contributed by atoms with van der Waals surface area (Å²) in [7, 11) is 8.19. The van der Waals surface area contributed by atoms with Crippen LogP contribution in [0.4, 0.5) is 0 Å². The van der Waals surface area contributed by atoms with Crippen molar-refractivity contribution in [2.45, 2.75) is 12.8 Å². The van der Waals surface area contributed by atoms with Crippen molar-refractivity contribution in [3.05, 3.63) is 21.3 Å². The van der Waals surface area contributed by atoms with E-state index in [1.54, 1.807) is 0 Å². The number of rotatable bonds is 4. The Morgan fingerprint density at radius 3 is 1.00 bits per heavy atom. The van der Waals surface area contributed by atoms with Crippen LogP contribution in [0.25, 0.3) is 0 Å². The molecule has 0 aliphatic carbocycles. The number of hydrogen-bond donors (Lipinski definition) is 0. The monoisotopic (exact) mass is 214 g/mol. The Labute approximate surface area is 103 Å². The molecule has 0 unspecified atom stereocenters. The molecule has 0 N–H and O–H groups in total. The first-order chi connectivity index (χ1) is 5.54. The van der Waals surface area contributed by atoms with E-state index in [0.29, 0.717) is 0 Å². The summed E-state index contributed by atoms with van der Waals surface area (Å²) in [6.45, 7) is 9.56. The molecule has 0 rings (SSSR count). The molecule has 0 atom stereocenters. The second-order valence-corrected chi connectivity index (χ2v) is 3.31. The molecule has 14 heavy (non-hydrogen) atoms. The molecule has 0 radical (unpaired) electrons. The average Bonchev–Trinajstić information content (AvgIpc) is 1.87. The Morgan fingerprint density at radius 2 is 1.00 bits per heavy atom. The second kappa shape index (κ2) is 19.1. The van der Waals surface area contributed by atoms with Crippen LogP contribution in [0.2, 0.25) is 0 Å². The quantitative estimate of drug-likeness (QED) is 0.518. The maximum atomic E-state index is 3.68. The van der Waals surface area contributed by atoms with Crippen molar-refractivity contribution < 1.29 is 0 Å². The molecule has 0 spiro atoms. The van der Waals surface area contributed by atoms with Gasteiger partial charge in [-0.2, -0.15) is 12.8 Å². The summed E-state index contributed by atoms with van der Waals surface area (Å²) in [5, 5.41) is 0. The van der Waals surface area contributed by atoms with Crippen LogP contribution in [0.5, 0.6) is 0 Å². The van der Waals surface area contributed by atoms with Crippen molar-refractivity contribution in [2.75, 3.05) is 41.3 Å². The normalized spacial score (nSPS) is 8.57. The first-order valence-corrected chi connectivity index (χ1v) is 4.42. The van der Waals surface area contributed by atoms with Gasteiger partial charge in [0, 0.05) is 0 Å². The molecule has 0 aromatic rings. The van der Waals surface area contributed by atoms with Gasteiger partial charge in [0.05, 0.1) is 0 Å². The molecule has 0 aliphatic rings. The summed E-state index contributed by atoms with van der Waals surface area (Å²) in [6.07, 6.45) is 2.01. The van der Waals surface area contributed by atoms with Gasteiger partial charge in [-0.3, -0.25) is 0 Å². The minimum absolute atomic E-state index is 0. The molecule has 84 valence electrons. The van der Waals surface area contributed by atoms with Crippen molar-refractivity contribution in [1.29, 1.82) is 0 Å². The molecule has 2 nitrogen and oxygen atoms in total. The van der Waals surface area contributed by atoms with Gasteiger partial charge in [0.15, 0.2) is 0 Å². The molecular weight excluding hydrogens is 187 g/mol. The molecule has 0 fully saturated rings. The topological polar surface area (TPSA) is 6.48 Å². The van der Waals surface area contributed by atoms with Gasteiger partial charge in [0.1, 0.15) is 0 Å². The van der Waals surface area contributed by atoms with Crippen LogP contribution in [0.15, 0.2) is 0 Å². The van der Waals surface area contributed by atoms with Gasteiger partial charge in [0.25, 0.3) is 0 Å². The summed E-state index contributed by atoms with van der Waals surface area (Å²) in [4.78, 5) is 4.24. The van der Waals surface area contributed by atoms with Crippen LogP contribution in [0, 0.1) is 21.3 Å². The maximum Gasteiger partial charge on any atom is 3.00 e. The van der Waals surface area contributed by atoms with E-state index < -0.39 is 0 Å². The zero-order valence-electron chi connectivity index (χ0n) is 10.7. The Balaban J connectivity index is -0.0000000625. The van der Waals surface area contributed by atoms with Crippen LogP contribution >= 0.6 is 0 Å². The zero-order chi connectivity index (χ0) is 9.98. The SMILES string of the molecule is [Al+3].[CH2-]CCN(C)C.[CH2-]CCN(C)C.[CH3-]. The van der Waals surface area contributed by atoms with E-state index in [9.17, 15) is 0 Å². The van der Waals surface area contributed by atoms with Crippen molar-refractivity contribution in [3.63, 3.8) is 0 Å². The largest absolute Gasteiger partial charge is 3.00 e. The summed E-state index contributed by atoms with van der Waals surface area (Å²) < 4.78 is 0. The van der Waals surface area contributed by atoms with E-state index in [2.05, 4.69) is 23.6 Å². The molecule has 0 bridgehead atoms. The smallest absolute Gasteiger partial charge is 0.358 e.